The number of aliphatic hydroxyl groups is 1. The summed E-state index contributed by atoms with van der Waals surface area (Å²) in [4.78, 5) is 23.7. The Morgan fingerprint density at radius 2 is 2.00 bits per heavy atom. The van der Waals surface area contributed by atoms with Gasteiger partial charge in [0.15, 0.2) is 5.76 Å². The lowest BCUT2D eigenvalue weighted by Gasteiger charge is -2.02. The van der Waals surface area contributed by atoms with Crippen LogP contribution in [0.1, 0.15) is 16.1 Å². The molecule has 1 amide bonds. The van der Waals surface area contributed by atoms with E-state index in [1.165, 1.54) is 24.0 Å². The largest absolute Gasteiger partial charge is 0.451 e. The molecule has 0 aliphatic rings. The molecule has 0 saturated heterocycles. The molecular weight excluding hydrogens is 418 g/mol. The zero-order valence-electron chi connectivity index (χ0n) is 16.1. The van der Waals surface area contributed by atoms with Crippen LogP contribution < -0.4 is 5.43 Å². The van der Waals surface area contributed by atoms with Crippen LogP contribution in [0.25, 0.3) is 21.7 Å². The minimum Gasteiger partial charge on any atom is -0.451 e. The third kappa shape index (κ3) is 4.42. The third-order valence-corrected chi connectivity index (χ3v) is 5.60. The van der Waals surface area contributed by atoms with E-state index < -0.39 is 10.8 Å². The van der Waals surface area contributed by atoms with Crippen LogP contribution in [0.3, 0.4) is 0 Å². The normalized spacial score (nSPS) is 11.4. The van der Waals surface area contributed by atoms with Crippen molar-refractivity contribution in [3.63, 3.8) is 0 Å². The monoisotopic (exact) mass is 435 g/mol. The number of carbonyl (C=O) groups excluding carboxylic acids is 1. The highest BCUT2D eigenvalue weighted by atomic mass is 32.2. The van der Waals surface area contributed by atoms with Gasteiger partial charge in [-0.1, -0.05) is 36.4 Å². The smallest absolute Gasteiger partial charge is 0.307 e. The van der Waals surface area contributed by atoms with Crippen LogP contribution in [-0.4, -0.2) is 34.5 Å². The van der Waals surface area contributed by atoms with Gasteiger partial charge in [-0.15, -0.1) is 11.8 Å². The molecule has 0 unspecified atom stereocenters. The molecule has 156 valence electrons. The summed E-state index contributed by atoms with van der Waals surface area (Å²) in [5.41, 5.74) is 3.35. The first-order chi connectivity index (χ1) is 15.1. The van der Waals surface area contributed by atoms with Crippen molar-refractivity contribution in [2.24, 2.45) is 5.10 Å². The fourth-order valence-electron chi connectivity index (χ4n) is 3.16. The predicted octanol–water partition coefficient (Wildman–Crippen LogP) is 4.34. The van der Waals surface area contributed by atoms with Gasteiger partial charge in [0.25, 0.3) is 5.69 Å². The topological polar surface area (TPSA) is 118 Å². The summed E-state index contributed by atoms with van der Waals surface area (Å²) >= 11 is 1.19. The Bertz CT molecular complexity index is 1320. The molecule has 2 N–H and O–H groups in total. The number of fused-ring (bicyclic) bond motifs is 3. The number of benzene rings is 3. The number of hydrogen-bond donors (Lipinski definition) is 2. The number of nitrogens with zero attached hydrogens (tertiary/aromatic N) is 2. The minimum absolute atomic E-state index is 0.0748. The summed E-state index contributed by atoms with van der Waals surface area (Å²) in [6, 6.07) is 17.8. The van der Waals surface area contributed by atoms with Crippen molar-refractivity contribution in [1.29, 1.82) is 0 Å². The first kappa shape index (κ1) is 20.6. The second kappa shape index (κ2) is 8.99. The highest BCUT2D eigenvalue weighted by molar-refractivity contribution is 7.99. The first-order valence-electron chi connectivity index (χ1n) is 9.33. The number of thioether (sulfide) groups is 1. The molecule has 3 aromatic carbocycles. The highest BCUT2D eigenvalue weighted by Crippen LogP contribution is 2.30. The molecule has 0 bridgehead atoms. The van der Waals surface area contributed by atoms with Crippen LogP contribution >= 0.6 is 11.8 Å². The number of amides is 1. The van der Waals surface area contributed by atoms with E-state index in [4.69, 9.17) is 9.52 Å². The van der Waals surface area contributed by atoms with Crippen molar-refractivity contribution in [2.45, 2.75) is 4.90 Å². The minimum atomic E-state index is -0.527. The second-order valence-electron chi connectivity index (χ2n) is 6.56. The summed E-state index contributed by atoms with van der Waals surface area (Å²) < 4.78 is 5.65. The zero-order chi connectivity index (χ0) is 21.8. The number of hydrazone groups is 1. The number of carbonyl (C=O) groups is 1. The maximum Gasteiger partial charge on any atom is 0.307 e. The molecule has 0 aliphatic heterocycles. The van der Waals surface area contributed by atoms with Gasteiger partial charge in [-0.25, -0.2) is 5.43 Å². The Morgan fingerprint density at radius 3 is 2.81 bits per heavy atom. The fourth-order valence-corrected chi connectivity index (χ4v) is 3.92. The molecule has 0 spiro atoms. The number of aliphatic hydroxyl groups excluding tert-OH is 1. The van der Waals surface area contributed by atoms with Gasteiger partial charge >= 0.3 is 5.91 Å². The van der Waals surface area contributed by atoms with Gasteiger partial charge in [0, 0.05) is 22.8 Å². The summed E-state index contributed by atoms with van der Waals surface area (Å²) in [5, 5.41) is 26.9. The van der Waals surface area contributed by atoms with Gasteiger partial charge in [0.1, 0.15) is 5.58 Å². The van der Waals surface area contributed by atoms with Crippen molar-refractivity contribution in [2.75, 3.05) is 12.4 Å². The van der Waals surface area contributed by atoms with Crippen LogP contribution in [0.4, 0.5) is 5.69 Å². The third-order valence-electron chi connectivity index (χ3n) is 4.56. The zero-order valence-corrected chi connectivity index (χ0v) is 17.0. The average Bonchev–Trinajstić information content (AvgIpc) is 3.23. The Labute approximate surface area is 180 Å². The van der Waals surface area contributed by atoms with Gasteiger partial charge in [0.2, 0.25) is 0 Å². The Kier molecular flexibility index (Phi) is 5.96. The molecule has 4 rings (SSSR count). The van der Waals surface area contributed by atoms with E-state index in [0.717, 1.165) is 16.2 Å². The molecule has 0 aliphatic carbocycles. The number of rotatable bonds is 7. The van der Waals surface area contributed by atoms with Crippen LogP contribution in [0, 0.1) is 10.1 Å². The second-order valence-corrected chi connectivity index (χ2v) is 7.70. The molecule has 4 aromatic rings. The van der Waals surface area contributed by atoms with Gasteiger partial charge in [-0.3, -0.25) is 14.9 Å². The van der Waals surface area contributed by atoms with Crippen LogP contribution in [0.15, 0.2) is 75.1 Å². The van der Waals surface area contributed by atoms with Crippen LogP contribution in [0.2, 0.25) is 0 Å². The Morgan fingerprint density at radius 1 is 1.16 bits per heavy atom. The Hall–Kier alpha value is -3.69. The molecule has 0 saturated carbocycles. The van der Waals surface area contributed by atoms with Gasteiger partial charge in [-0.2, -0.15) is 5.10 Å². The molecule has 0 atom stereocenters. The summed E-state index contributed by atoms with van der Waals surface area (Å²) in [6.07, 6.45) is 1.32. The molecule has 1 aromatic heterocycles. The lowest BCUT2D eigenvalue weighted by molar-refractivity contribution is -0.387. The number of nitro groups is 1. The predicted molar refractivity (Wildman–Crippen MR) is 120 cm³/mol. The molecule has 1 heterocycles. The average molecular weight is 435 g/mol. The van der Waals surface area contributed by atoms with E-state index in [-0.39, 0.29) is 18.1 Å². The van der Waals surface area contributed by atoms with Crippen molar-refractivity contribution in [3.05, 3.63) is 82.1 Å². The summed E-state index contributed by atoms with van der Waals surface area (Å²) in [7, 11) is 0. The summed E-state index contributed by atoms with van der Waals surface area (Å²) in [5.74, 6) is -0.0525. The molecule has 9 heteroatoms. The molecule has 31 heavy (non-hydrogen) atoms. The van der Waals surface area contributed by atoms with Crippen molar-refractivity contribution in [1.82, 2.24) is 5.43 Å². The quantitative estimate of drug-likeness (QED) is 0.193. The number of nitrogens with one attached hydrogen (secondary N) is 1. The van der Waals surface area contributed by atoms with E-state index in [1.54, 1.807) is 18.2 Å². The SMILES string of the molecule is O=C(NN=Cc1ccc(SCCO)c([N+](=O)[O-])c1)c1cc2c(ccc3ccccc32)o1. The summed E-state index contributed by atoms with van der Waals surface area (Å²) in [6.45, 7) is -0.0748. The number of hydrogen-bond acceptors (Lipinski definition) is 7. The molecular formula is C22H17N3O5S. The molecule has 0 radical (unpaired) electrons. The Balaban J connectivity index is 1.51. The van der Waals surface area contributed by atoms with Crippen molar-refractivity contribution < 1.29 is 19.2 Å². The van der Waals surface area contributed by atoms with Crippen LogP contribution in [-0.2, 0) is 0 Å². The first-order valence-corrected chi connectivity index (χ1v) is 10.3. The maximum atomic E-state index is 12.4. The van der Waals surface area contributed by atoms with Gasteiger partial charge < -0.3 is 9.52 Å². The van der Waals surface area contributed by atoms with Gasteiger partial charge in [-0.05, 0) is 29.0 Å². The fraction of sp³-hybridized carbons (Fsp3) is 0.0909. The van der Waals surface area contributed by atoms with Crippen LogP contribution in [0.5, 0.6) is 0 Å². The van der Waals surface area contributed by atoms with E-state index in [2.05, 4.69) is 10.5 Å². The van der Waals surface area contributed by atoms with E-state index in [1.807, 2.05) is 36.4 Å². The molecule has 8 nitrogen and oxygen atoms in total. The number of furan rings is 1. The lowest BCUT2D eigenvalue weighted by Crippen LogP contribution is -2.16. The van der Waals surface area contributed by atoms with E-state index >= 15 is 0 Å². The van der Waals surface area contributed by atoms with E-state index in [9.17, 15) is 14.9 Å². The van der Waals surface area contributed by atoms with E-state index in [0.29, 0.717) is 21.8 Å². The van der Waals surface area contributed by atoms with Gasteiger partial charge in [0.05, 0.1) is 22.6 Å². The lowest BCUT2D eigenvalue weighted by atomic mass is 10.1. The van der Waals surface area contributed by atoms with Crippen molar-refractivity contribution in [3.8, 4) is 0 Å². The molecule has 0 fully saturated rings. The highest BCUT2D eigenvalue weighted by Gasteiger charge is 2.15. The maximum absolute atomic E-state index is 12.4. The van der Waals surface area contributed by atoms with Crippen molar-refractivity contribution >= 4 is 51.3 Å². The standard InChI is InChI=1S/C22H17N3O5S/c26-9-10-31-21-8-5-14(11-18(21)25(28)29)13-23-24-22(27)20-12-17-16-4-2-1-3-15(16)6-7-19(17)30-20/h1-8,11-13,26H,9-10H2,(H,24,27). The number of nitro benzene ring substituents is 1.